The molecular weight excluding hydrogens is 312 g/mol. The first-order valence-electron chi connectivity index (χ1n) is 8.74. The van der Waals surface area contributed by atoms with Gasteiger partial charge in [-0.25, -0.2) is 4.79 Å². The second-order valence-electron chi connectivity index (χ2n) is 6.34. The van der Waals surface area contributed by atoms with Gasteiger partial charge >= 0.3 is 5.63 Å². The van der Waals surface area contributed by atoms with Crippen LogP contribution in [0, 0.1) is 0 Å². The first kappa shape index (κ1) is 15.7. The summed E-state index contributed by atoms with van der Waals surface area (Å²) in [6.45, 7) is 0.468. The van der Waals surface area contributed by atoms with Crippen molar-refractivity contribution in [2.75, 3.05) is 6.61 Å². The lowest BCUT2D eigenvalue weighted by Crippen LogP contribution is -2.15. The van der Waals surface area contributed by atoms with Crippen LogP contribution >= 0.6 is 0 Å². The van der Waals surface area contributed by atoms with E-state index in [1.54, 1.807) is 0 Å². The molecule has 0 amide bonds. The van der Waals surface area contributed by atoms with Crippen LogP contribution in [0.5, 0.6) is 5.75 Å². The van der Waals surface area contributed by atoms with Crippen LogP contribution < -0.4 is 10.4 Å². The minimum atomic E-state index is -0.191. The number of hydrogen-bond donors (Lipinski definition) is 0. The van der Waals surface area contributed by atoms with E-state index in [-0.39, 0.29) is 5.63 Å². The Morgan fingerprint density at radius 1 is 1.00 bits per heavy atom. The van der Waals surface area contributed by atoms with E-state index < -0.39 is 0 Å². The zero-order valence-electron chi connectivity index (χ0n) is 14.0. The fourth-order valence-electron chi connectivity index (χ4n) is 3.41. The fourth-order valence-corrected chi connectivity index (χ4v) is 3.41. The van der Waals surface area contributed by atoms with Crippen molar-refractivity contribution in [2.24, 2.45) is 0 Å². The third kappa shape index (κ3) is 3.36. The second-order valence-corrected chi connectivity index (χ2v) is 6.34. The van der Waals surface area contributed by atoms with Gasteiger partial charge in [-0.2, -0.15) is 0 Å². The van der Waals surface area contributed by atoms with Crippen molar-refractivity contribution >= 4 is 17.0 Å². The van der Waals surface area contributed by atoms with Gasteiger partial charge in [0.25, 0.3) is 0 Å². The molecule has 0 spiro atoms. The van der Waals surface area contributed by atoms with E-state index in [0.717, 1.165) is 47.8 Å². The van der Waals surface area contributed by atoms with Gasteiger partial charge in [-0.1, -0.05) is 36.4 Å². The summed E-state index contributed by atoms with van der Waals surface area (Å²) in [7, 11) is 0. The number of hydrogen-bond acceptors (Lipinski definition) is 3. The van der Waals surface area contributed by atoms with E-state index in [2.05, 4.69) is 0 Å². The zero-order chi connectivity index (χ0) is 17.1. The molecule has 126 valence electrons. The Morgan fingerprint density at radius 3 is 2.64 bits per heavy atom. The standard InChI is InChI=1S/C22H20O3/c23-22-20-11-5-4-10-18(20)19-13-12-17(15-21(19)25-22)24-14-6-9-16-7-2-1-3-8-16/h1-3,6-9,12-13,15H,4-5,10-11,14H2. The summed E-state index contributed by atoms with van der Waals surface area (Å²) < 4.78 is 11.3. The minimum Gasteiger partial charge on any atom is -0.489 e. The molecule has 1 aliphatic rings. The molecule has 1 aliphatic carbocycles. The highest BCUT2D eigenvalue weighted by Crippen LogP contribution is 2.29. The lowest BCUT2D eigenvalue weighted by molar-refractivity contribution is 0.363. The number of rotatable bonds is 4. The van der Waals surface area contributed by atoms with Crippen molar-refractivity contribution in [2.45, 2.75) is 25.7 Å². The van der Waals surface area contributed by atoms with Gasteiger partial charge in [-0.3, -0.25) is 0 Å². The molecule has 1 aromatic heterocycles. The third-order valence-corrected chi connectivity index (χ3v) is 4.65. The molecular formula is C22H20O3. The van der Waals surface area contributed by atoms with E-state index in [1.807, 2.05) is 60.7 Å². The predicted molar refractivity (Wildman–Crippen MR) is 100 cm³/mol. The lowest BCUT2D eigenvalue weighted by Gasteiger charge is -2.16. The Balaban J connectivity index is 1.53. The molecule has 3 aromatic rings. The first-order chi connectivity index (χ1) is 12.3. The Morgan fingerprint density at radius 2 is 1.80 bits per heavy atom. The molecule has 3 heteroatoms. The maximum absolute atomic E-state index is 12.2. The lowest BCUT2D eigenvalue weighted by atomic mass is 9.91. The number of benzene rings is 2. The van der Waals surface area contributed by atoms with E-state index in [1.165, 1.54) is 0 Å². The van der Waals surface area contributed by atoms with Gasteiger partial charge in [0.05, 0.1) is 0 Å². The molecule has 0 atom stereocenters. The maximum atomic E-state index is 12.2. The van der Waals surface area contributed by atoms with Crippen LogP contribution in [-0.4, -0.2) is 6.61 Å². The smallest absolute Gasteiger partial charge is 0.339 e. The number of ether oxygens (including phenoxy) is 1. The van der Waals surface area contributed by atoms with Gasteiger partial charge in [0.1, 0.15) is 17.9 Å². The maximum Gasteiger partial charge on any atom is 0.339 e. The Bertz CT molecular complexity index is 968. The Labute approximate surface area is 146 Å². The van der Waals surface area contributed by atoms with Crippen LogP contribution in [0.2, 0.25) is 0 Å². The number of aryl methyl sites for hydroxylation is 1. The third-order valence-electron chi connectivity index (χ3n) is 4.65. The molecule has 4 rings (SSSR count). The van der Waals surface area contributed by atoms with Crippen molar-refractivity contribution < 1.29 is 9.15 Å². The van der Waals surface area contributed by atoms with Gasteiger partial charge < -0.3 is 9.15 Å². The highest BCUT2D eigenvalue weighted by molar-refractivity contribution is 5.82. The molecule has 3 nitrogen and oxygen atoms in total. The topological polar surface area (TPSA) is 39.4 Å². The van der Waals surface area contributed by atoms with Gasteiger partial charge in [-0.05, 0) is 55.0 Å². The van der Waals surface area contributed by atoms with Gasteiger partial charge in [-0.15, -0.1) is 0 Å². The molecule has 0 radical (unpaired) electrons. The Hall–Kier alpha value is -2.81. The van der Waals surface area contributed by atoms with Crippen LogP contribution in [0.4, 0.5) is 0 Å². The van der Waals surface area contributed by atoms with Gasteiger partial charge in [0, 0.05) is 17.0 Å². The normalized spacial score (nSPS) is 13.9. The first-order valence-corrected chi connectivity index (χ1v) is 8.74. The van der Waals surface area contributed by atoms with Crippen LogP contribution in [0.1, 0.15) is 29.5 Å². The highest BCUT2D eigenvalue weighted by Gasteiger charge is 2.18. The monoisotopic (exact) mass is 332 g/mol. The summed E-state index contributed by atoms with van der Waals surface area (Å²) in [6.07, 6.45) is 7.99. The van der Waals surface area contributed by atoms with Gasteiger partial charge in [0.2, 0.25) is 0 Å². The summed E-state index contributed by atoms with van der Waals surface area (Å²) in [5.74, 6) is 0.712. The van der Waals surface area contributed by atoms with Crippen LogP contribution in [0.3, 0.4) is 0 Å². The molecule has 0 N–H and O–H groups in total. The average Bonchev–Trinajstić information content (AvgIpc) is 2.66. The summed E-state index contributed by atoms with van der Waals surface area (Å²) in [6, 6.07) is 15.9. The van der Waals surface area contributed by atoms with Crippen molar-refractivity contribution in [3.63, 3.8) is 0 Å². The largest absolute Gasteiger partial charge is 0.489 e. The average molecular weight is 332 g/mol. The van der Waals surface area contributed by atoms with Crippen LogP contribution in [-0.2, 0) is 12.8 Å². The fraction of sp³-hybridized carbons (Fsp3) is 0.227. The molecule has 0 saturated heterocycles. The summed E-state index contributed by atoms with van der Waals surface area (Å²) >= 11 is 0. The SMILES string of the molecule is O=c1oc2cc(OCC=Cc3ccccc3)ccc2c2c1CCCC2. The quantitative estimate of drug-likeness (QED) is 0.646. The van der Waals surface area contributed by atoms with Crippen molar-refractivity contribution in [1.82, 2.24) is 0 Å². The van der Waals surface area contributed by atoms with E-state index in [9.17, 15) is 4.79 Å². The predicted octanol–water partition coefficient (Wildman–Crippen LogP) is 4.76. The summed E-state index contributed by atoms with van der Waals surface area (Å²) in [5.41, 5.74) is 3.59. The molecule has 2 aromatic carbocycles. The molecule has 0 aliphatic heterocycles. The van der Waals surface area contributed by atoms with E-state index in [4.69, 9.17) is 9.15 Å². The minimum absolute atomic E-state index is 0.191. The summed E-state index contributed by atoms with van der Waals surface area (Å²) in [4.78, 5) is 12.2. The van der Waals surface area contributed by atoms with Crippen molar-refractivity contribution in [3.8, 4) is 5.75 Å². The summed E-state index contributed by atoms with van der Waals surface area (Å²) in [5, 5.41) is 1.04. The molecule has 25 heavy (non-hydrogen) atoms. The van der Waals surface area contributed by atoms with Gasteiger partial charge in [0.15, 0.2) is 0 Å². The van der Waals surface area contributed by atoms with Crippen molar-refractivity contribution in [1.29, 1.82) is 0 Å². The molecule has 0 unspecified atom stereocenters. The second kappa shape index (κ2) is 6.98. The molecule has 0 saturated carbocycles. The van der Waals surface area contributed by atoms with E-state index in [0.29, 0.717) is 17.9 Å². The van der Waals surface area contributed by atoms with Crippen LogP contribution in [0.15, 0.2) is 63.8 Å². The molecule has 0 fully saturated rings. The zero-order valence-corrected chi connectivity index (χ0v) is 14.0. The highest BCUT2D eigenvalue weighted by atomic mass is 16.5. The molecule has 1 heterocycles. The number of fused-ring (bicyclic) bond motifs is 3. The Kier molecular flexibility index (Phi) is 4.38. The van der Waals surface area contributed by atoms with Crippen LogP contribution in [0.25, 0.3) is 17.0 Å². The molecule has 0 bridgehead atoms. The van der Waals surface area contributed by atoms with E-state index >= 15 is 0 Å². The van der Waals surface area contributed by atoms with Crippen molar-refractivity contribution in [3.05, 3.63) is 81.7 Å².